The Kier molecular flexibility index (Phi) is 3.77. The second-order valence-corrected chi connectivity index (χ2v) is 8.27. The molecule has 0 aromatic carbocycles. The number of piperazine rings is 1. The highest BCUT2D eigenvalue weighted by atomic mass is 32.1. The normalized spacial score (nSPS) is 20.3. The molecule has 0 saturated carbocycles. The summed E-state index contributed by atoms with van der Waals surface area (Å²) in [4.78, 5) is 23.1. The van der Waals surface area contributed by atoms with E-state index in [0.717, 1.165) is 65.9 Å². The van der Waals surface area contributed by atoms with Gasteiger partial charge in [-0.05, 0) is 24.3 Å². The van der Waals surface area contributed by atoms with E-state index in [2.05, 4.69) is 34.4 Å². The van der Waals surface area contributed by atoms with Gasteiger partial charge in [0, 0.05) is 49.2 Å². The Morgan fingerprint density at radius 3 is 2.79 bits per heavy atom. The van der Waals surface area contributed by atoms with Gasteiger partial charge in [-0.3, -0.25) is 4.79 Å². The number of thiazole rings is 1. The van der Waals surface area contributed by atoms with Crippen LogP contribution in [0.5, 0.6) is 0 Å². The van der Waals surface area contributed by atoms with Crippen LogP contribution in [-0.2, 0) is 5.41 Å². The average molecular weight is 344 g/mol. The number of hydrogen-bond donors (Lipinski definition) is 2. The van der Waals surface area contributed by atoms with Gasteiger partial charge in [0.05, 0.1) is 5.69 Å². The van der Waals surface area contributed by atoms with Crippen molar-refractivity contribution in [3.8, 4) is 11.4 Å². The maximum Gasteiger partial charge on any atom is 0.185 e. The predicted molar refractivity (Wildman–Crippen MR) is 98.3 cm³/mol. The molecule has 24 heavy (non-hydrogen) atoms. The van der Waals surface area contributed by atoms with Crippen LogP contribution >= 0.6 is 11.3 Å². The molecule has 0 radical (unpaired) electrons. The lowest BCUT2D eigenvalue weighted by Gasteiger charge is -2.30. The van der Waals surface area contributed by atoms with Crippen molar-refractivity contribution in [2.45, 2.75) is 39.0 Å². The van der Waals surface area contributed by atoms with Crippen LogP contribution in [0, 0.1) is 6.92 Å². The topological polar surface area (TPSA) is 61.0 Å². The van der Waals surface area contributed by atoms with Gasteiger partial charge in [-0.2, -0.15) is 0 Å². The van der Waals surface area contributed by atoms with Crippen LogP contribution < -0.4 is 10.2 Å². The number of nitrogens with zero attached hydrogens (tertiary/aromatic N) is 2. The summed E-state index contributed by atoms with van der Waals surface area (Å²) in [7, 11) is 0. The molecule has 0 amide bonds. The van der Waals surface area contributed by atoms with Crippen LogP contribution in [0.15, 0.2) is 5.38 Å². The first-order chi connectivity index (χ1) is 11.5. The zero-order valence-electron chi connectivity index (χ0n) is 14.5. The highest BCUT2D eigenvalue weighted by molar-refractivity contribution is 7.14. The summed E-state index contributed by atoms with van der Waals surface area (Å²) in [5, 5.41) is 6.57. The van der Waals surface area contributed by atoms with Crippen LogP contribution in [0.25, 0.3) is 11.4 Å². The molecule has 2 aromatic rings. The lowest BCUT2D eigenvalue weighted by molar-refractivity contribution is 0.0957. The minimum absolute atomic E-state index is 0.00214. The summed E-state index contributed by atoms with van der Waals surface area (Å²) in [6, 6.07) is 0. The maximum atomic E-state index is 12.4. The lowest BCUT2D eigenvalue weighted by Crippen LogP contribution is -2.43. The molecular weight excluding hydrogens is 320 g/mol. The first kappa shape index (κ1) is 15.8. The average Bonchev–Trinajstić information content (AvgIpc) is 3.18. The third-order valence-electron chi connectivity index (χ3n) is 5.26. The van der Waals surface area contributed by atoms with Crippen molar-refractivity contribution in [1.29, 1.82) is 0 Å². The number of rotatable bonds is 2. The van der Waals surface area contributed by atoms with E-state index in [1.807, 2.05) is 6.92 Å². The second-order valence-electron chi connectivity index (χ2n) is 7.43. The van der Waals surface area contributed by atoms with Crippen molar-refractivity contribution >= 4 is 22.3 Å². The van der Waals surface area contributed by atoms with Gasteiger partial charge in [0.25, 0.3) is 0 Å². The Hall–Kier alpha value is -1.66. The minimum Gasteiger partial charge on any atom is -0.356 e. The Morgan fingerprint density at radius 1 is 1.29 bits per heavy atom. The van der Waals surface area contributed by atoms with E-state index < -0.39 is 0 Å². The molecule has 128 valence electrons. The fourth-order valence-electron chi connectivity index (χ4n) is 3.90. The number of aromatic amines is 1. The Morgan fingerprint density at radius 2 is 2.04 bits per heavy atom. The number of Topliss-reactive ketones (excluding diaryl/α,β-unsaturated/α-hetero) is 1. The molecule has 1 fully saturated rings. The summed E-state index contributed by atoms with van der Waals surface area (Å²) in [6.07, 6.45) is 1.54. The van der Waals surface area contributed by atoms with E-state index in [4.69, 9.17) is 4.98 Å². The van der Waals surface area contributed by atoms with Crippen molar-refractivity contribution in [1.82, 2.24) is 15.3 Å². The summed E-state index contributed by atoms with van der Waals surface area (Å²) in [5.74, 6) is 0.266. The van der Waals surface area contributed by atoms with E-state index in [1.54, 1.807) is 11.3 Å². The molecule has 1 aliphatic carbocycles. The number of fused-ring (bicyclic) bond motifs is 1. The van der Waals surface area contributed by atoms with Gasteiger partial charge >= 0.3 is 0 Å². The van der Waals surface area contributed by atoms with Gasteiger partial charge in [-0.1, -0.05) is 13.8 Å². The van der Waals surface area contributed by atoms with Gasteiger partial charge in [0.1, 0.15) is 5.69 Å². The van der Waals surface area contributed by atoms with Crippen molar-refractivity contribution in [3.63, 3.8) is 0 Å². The first-order valence-corrected chi connectivity index (χ1v) is 9.53. The SMILES string of the molecule is Cc1[nH]c(-c2csc(N3CCNCC3)n2)c2c1C(=O)CCC2(C)C. The van der Waals surface area contributed by atoms with Crippen molar-refractivity contribution in [3.05, 3.63) is 22.2 Å². The minimum atomic E-state index is 0.00214. The summed E-state index contributed by atoms with van der Waals surface area (Å²) < 4.78 is 0. The summed E-state index contributed by atoms with van der Waals surface area (Å²) in [6.45, 7) is 10.5. The smallest absolute Gasteiger partial charge is 0.185 e. The third kappa shape index (κ3) is 2.48. The van der Waals surface area contributed by atoms with Gasteiger partial charge < -0.3 is 15.2 Å². The molecule has 1 saturated heterocycles. The fourth-order valence-corrected chi connectivity index (χ4v) is 4.77. The van der Waals surface area contributed by atoms with Crippen LogP contribution in [0.1, 0.15) is 48.3 Å². The molecule has 2 N–H and O–H groups in total. The number of aromatic nitrogens is 2. The van der Waals surface area contributed by atoms with Gasteiger partial charge in [-0.25, -0.2) is 4.98 Å². The van der Waals surface area contributed by atoms with Crippen molar-refractivity contribution in [2.75, 3.05) is 31.1 Å². The predicted octanol–water partition coefficient (Wildman–Crippen LogP) is 3.11. The molecule has 3 heterocycles. The number of hydrogen-bond acceptors (Lipinski definition) is 5. The second kappa shape index (κ2) is 5.70. The van der Waals surface area contributed by atoms with Crippen LogP contribution in [0.3, 0.4) is 0 Å². The van der Waals surface area contributed by atoms with Crippen molar-refractivity contribution < 1.29 is 4.79 Å². The molecule has 0 atom stereocenters. The molecule has 5 nitrogen and oxygen atoms in total. The highest BCUT2D eigenvalue weighted by Crippen LogP contribution is 2.44. The fraction of sp³-hybridized carbons (Fsp3) is 0.556. The van der Waals surface area contributed by atoms with Crippen LogP contribution in [0.4, 0.5) is 5.13 Å². The van der Waals surface area contributed by atoms with Crippen LogP contribution in [-0.4, -0.2) is 41.9 Å². The monoisotopic (exact) mass is 344 g/mol. The van der Waals surface area contributed by atoms with Gasteiger partial charge in [0.2, 0.25) is 0 Å². The number of H-pyrrole nitrogens is 1. The largest absolute Gasteiger partial charge is 0.356 e. The molecule has 0 unspecified atom stereocenters. The molecule has 0 spiro atoms. The van der Waals surface area contributed by atoms with Gasteiger partial charge in [-0.15, -0.1) is 11.3 Å². The van der Waals surface area contributed by atoms with E-state index >= 15 is 0 Å². The number of anilines is 1. The van der Waals surface area contributed by atoms with E-state index in [9.17, 15) is 4.79 Å². The van der Waals surface area contributed by atoms with Crippen LogP contribution in [0.2, 0.25) is 0 Å². The standard InChI is InChI=1S/C18H24N4OS/c1-11-14-13(23)4-5-18(2,3)15(14)16(20-11)12-10-24-17(21-12)22-8-6-19-7-9-22/h10,19-20H,4-9H2,1-3H3. The third-order valence-corrected chi connectivity index (χ3v) is 6.16. The number of ketones is 1. The van der Waals surface area contributed by atoms with E-state index in [-0.39, 0.29) is 11.2 Å². The van der Waals surface area contributed by atoms with Gasteiger partial charge in [0.15, 0.2) is 10.9 Å². The van der Waals surface area contributed by atoms with E-state index in [0.29, 0.717) is 6.42 Å². The number of nitrogens with one attached hydrogen (secondary N) is 2. The Balaban J connectivity index is 1.77. The molecular formula is C18H24N4OS. The molecule has 0 bridgehead atoms. The van der Waals surface area contributed by atoms with Crippen molar-refractivity contribution in [2.24, 2.45) is 0 Å². The molecule has 4 rings (SSSR count). The Bertz CT molecular complexity index is 783. The summed E-state index contributed by atoms with van der Waals surface area (Å²) in [5.41, 5.74) is 5.06. The maximum absolute atomic E-state index is 12.4. The lowest BCUT2D eigenvalue weighted by atomic mass is 9.72. The number of aryl methyl sites for hydroxylation is 1. The molecule has 2 aliphatic rings. The molecule has 1 aliphatic heterocycles. The zero-order valence-corrected chi connectivity index (χ0v) is 15.3. The zero-order chi connectivity index (χ0) is 16.9. The highest BCUT2D eigenvalue weighted by Gasteiger charge is 2.37. The number of carbonyl (C=O) groups excluding carboxylic acids is 1. The first-order valence-electron chi connectivity index (χ1n) is 8.65. The quantitative estimate of drug-likeness (QED) is 0.879. The Labute approximate surface area is 146 Å². The molecule has 2 aromatic heterocycles. The summed E-state index contributed by atoms with van der Waals surface area (Å²) >= 11 is 1.69. The molecule has 6 heteroatoms. The number of carbonyl (C=O) groups is 1. The van der Waals surface area contributed by atoms with E-state index in [1.165, 1.54) is 0 Å².